The molecule has 1 aromatic heterocycles. The van der Waals surface area contributed by atoms with Crippen LogP contribution in [0.1, 0.15) is 30.0 Å². The Morgan fingerprint density at radius 3 is 2.94 bits per heavy atom. The molecule has 0 amide bonds. The molecule has 4 nitrogen and oxygen atoms in total. The molecule has 0 N–H and O–H groups in total. The van der Waals surface area contributed by atoms with Crippen molar-refractivity contribution >= 4 is 0 Å². The molecule has 0 atom stereocenters. The second-order valence-corrected chi connectivity index (χ2v) is 4.77. The summed E-state index contributed by atoms with van der Waals surface area (Å²) in [5, 5.41) is 8.28. The maximum Gasteiger partial charge on any atom is 0.164 e. The highest BCUT2D eigenvalue weighted by molar-refractivity contribution is 5.58. The molecule has 4 heteroatoms. The van der Waals surface area contributed by atoms with Gasteiger partial charge in [0.25, 0.3) is 0 Å². The van der Waals surface area contributed by atoms with Gasteiger partial charge in [0.1, 0.15) is 6.33 Å². The van der Waals surface area contributed by atoms with E-state index in [1.807, 2.05) is 6.33 Å². The molecule has 0 spiro atoms. The minimum Gasteiger partial charge on any atom is -0.372 e. The average Bonchev–Trinajstić information content (AvgIpc) is 2.93. The van der Waals surface area contributed by atoms with Gasteiger partial charge in [0.15, 0.2) is 5.82 Å². The largest absolute Gasteiger partial charge is 0.372 e. The smallest absolute Gasteiger partial charge is 0.164 e. The first-order valence-corrected chi connectivity index (χ1v) is 6.01. The number of ether oxygens (including phenoxy) is 1. The summed E-state index contributed by atoms with van der Waals surface area (Å²) in [6, 6.07) is 7.06. The van der Waals surface area contributed by atoms with E-state index < -0.39 is 0 Å². The van der Waals surface area contributed by atoms with Crippen LogP contribution in [0.2, 0.25) is 0 Å². The van der Waals surface area contributed by atoms with Crippen LogP contribution < -0.4 is 0 Å². The Hall–Kier alpha value is -1.68. The summed E-state index contributed by atoms with van der Waals surface area (Å²) in [4.78, 5) is 0. The summed E-state index contributed by atoms with van der Waals surface area (Å²) in [6.45, 7) is 1.46. The highest BCUT2D eigenvalue weighted by Crippen LogP contribution is 2.37. The molecule has 1 aliphatic carbocycles. The zero-order valence-electron chi connectivity index (χ0n) is 9.47. The maximum absolute atomic E-state index is 5.43. The molecule has 1 saturated carbocycles. The fourth-order valence-corrected chi connectivity index (χ4v) is 2.38. The molecule has 86 valence electrons. The van der Waals surface area contributed by atoms with Gasteiger partial charge in [-0.15, -0.1) is 10.2 Å². The van der Waals surface area contributed by atoms with E-state index in [2.05, 4.69) is 33.0 Å². The summed E-state index contributed by atoms with van der Waals surface area (Å²) in [5.74, 6) is 0.988. The molecular formula is C13H13N3O. The van der Waals surface area contributed by atoms with Gasteiger partial charge in [-0.05, 0) is 30.0 Å². The van der Waals surface area contributed by atoms with Crippen LogP contribution in [-0.2, 0) is 18.0 Å². The number of hydrogen-bond acceptors (Lipinski definition) is 3. The second kappa shape index (κ2) is 3.40. The van der Waals surface area contributed by atoms with Crippen molar-refractivity contribution in [2.24, 2.45) is 0 Å². The summed E-state index contributed by atoms with van der Waals surface area (Å²) in [5.41, 5.74) is 3.73. The van der Waals surface area contributed by atoms with Gasteiger partial charge in [0.2, 0.25) is 0 Å². The van der Waals surface area contributed by atoms with Gasteiger partial charge in [-0.3, -0.25) is 0 Å². The number of benzene rings is 1. The standard InChI is InChI=1S/C13H13N3O/c1-2-10-6-17-7-11(10)5-9(1)13-15-14-8-16(13)12-3-4-12/h1-2,5,8,12H,3-4,6-7H2. The number of fused-ring (bicyclic) bond motifs is 1. The van der Waals surface area contributed by atoms with E-state index in [0.29, 0.717) is 6.04 Å². The van der Waals surface area contributed by atoms with E-state index in [4.69, 9.17) is 4.74 Å². The van der Waals surface area contributed by atoms with E-state index in [9.17, 15) is 0 Å². The molecule has 0 unspecified atom stereocenters. The van der Waals surface area contributed by atoms with Crippen molar-refractivity contribution in [1.29, 1.82) is 0 Å². The highest BCUT2D eigenvalue weighted by Gasteiger charge is 2.26. The van der Waals surface area contributed by atoms with Crippen LogP contribution in [0.15, 0.2) is 24.5 Å². The monoisotopic (exact) mass is 227 g/mol. The van der Waals surface area contributed by atoms with Crippen LogP contribution >= 0.6 is 0 Å². The van der Waals surface area contributed by atoms with Crippen molar-refractivity contribution in [2.75, 3.05) is 0 Å². The molecule has 4 rings (SSSR count). The predicted molar refractivity (Wildman–Crippen MR) is 62.2 cm³/mol. The average molecular weight is 227 g/mol. The Labute approximate surface area is 99.2 Å². The lowest BCUT2D eigenvalue weighted by molar-refractivity contribution is 0.134. The highest BCUT2D eigenvalue weighted by atomic mass is 16.5. The van der Waals surface area contributed by atoms with Crippen LogP contribution in [0.25, 0.3) is 11.4 Å². The molecule has 0 radical (unpaired) electrons. The van der Waals surface area contributed by atoms with Crippen LogP contribution in [-0.4, -0.2) is 14.8 Å². The van der Waals surface area contributed by atoms with Gasteiger partial charge in [0.05, 0.1) is 13.2 Å². The first kappa shape index (κ1) is 9.36. The molecule has 0 bridgehead atoms. The Bertz CT molecular complexity index is 572. The summed E-state index contributed by atoms with van der Waals surface area (Å²) >= 11 is 0. The fourth-order valence-electron chi connectivity index (χ4n) is 2.38. The van der Waals surface area contributed by atoms with Crippen molar-refractivity contribution in [1.82, 2.24) is 14.8 Å². The Morgan fingerprint density at radius 1 is 1.18 bits per heavy atom. The van der Waals surface area contributed by atoms with Gasteiger partial charge in [-0.2, -0.15) is 0 Å². The summed E-state index contributed by atoms with van der Waals surface area (Å²) in [6.07, 6.45) is 4.34. The molecular weight excluding hydrogens is 214 g/mol. The SMILES string of the molecule is c1cc2c(cc1-c1nncn1C1CC1)COC2. The van der Waals surface area contributed by atoms with Crippen molar-refractivity contribution < 1.29 is 4.74 Å². The van der Waals surface area contributed by atoms with Gasteiger partial charge < -0.3 is 9.30 Å². The quantitative estimate of drug-likeness (QED) is 0.790. The van der Waals surface area contributed by atoms with Gasteiger partial charge in [0, 0.05) is 11.6 Å². The third kappa shape index (κ3) is 1.48. The van der Waals surface area contributed by atoms with Crippen LogP contribution in [0.5, 0.6) is 0 Å². The van der Waals surface area contributed by atoms with E-state index in [0.717, 1.165) is 24.6 Å². The van der Waals surface area contributed by atoms with Gasteiger partial charge >= 0.3 is 0 Å². The molecule has 2 aliphatic rings. The van der Waals surface area contributed by atoms with E-state index >= 15 is 0 Å². The minimum absolute atomic E-state index is 0.615. The van der Waals surface area contributed by atoms with Crippen molar-refractivity contribution in [2.45, 2.75) is 32.1 Å². The zero-order valence-corrected chi connectivity index (χ0v) is 9.47. The Balaban J connectivity index is 1.80. The van der Waals surface area contributed by atoms with E-state index in [-0.39, 0.29) is 0 Å². The Kier molecular flexibility index (Phi) is 1.87. The normalized spacial score (nSPS) is 18.4. The third-order valence-electron chi connectivity index (χ3n) is 3.49. The van der Waals surface area contributed by atoms with Crippen molar-refractivity contribution in [3.63, 3.8) is 0 Å². The lowest BCUT2D eigenvalue weighted by Crippen LogP contribution is -1.96. The molecule has 17 heavy (non-hydrogen) atoms. The van der Waals surface area contributed by atoms with Crippen molar-refractivity contribution in [3.8, 4) is 11.4 Å². The molecule has 1 aromatic carbocycles. The second-order valence-electron chi connectivity index (χ2n) is 4.77. The lowest BCUT2D eigenvalue weighted by atomic mass is 10.1. The number of nitrogens with zero attached hydrogens (tertiary/aromatic N) is 3. The van der Waals surface area contributed by atoms with Gasteiger partial charge in [-0.25, -0.2) is 0 Å². The molecule has 2 aromatic rings. The van der Waals surface area contributed by atoms with E-state index in [1.54, 1.807) is 0 Å². The topological polar surface area (TPSA) is 39.9 Å². The maximum atomic E-state index is 5.43. The number of hydrogen-bond donors (Lipinski definition) is 0. The number of aromatic nitrogens is 3. The molecule has 1 fully saturated rings. The fraction of sp³-hybridized carbons (Fsp3) is 0.385. The molecule has 1 aliphatic heterocycles. The summed E-state index contributed by atoms with van der Waals surface area (Å²) in [7, 11) is 0. The van der Waals surface area contributed by atoms with Crippen LogP contribution in [0.3, 0.4) is 0 Å². The Morgan fingerprint density at radius 2 is 2.06 bits per heavy atom. The van der Waals surface area contributed by atoms with Crippen LogP contribution in [0, 0.1) is 0 Å². The van der Waals surface area contributed by atoms with Gasteiger partial charge in [-0.1, -0.05) is 12.1 Å². The first-order valence-electron chi connectivity index (χ1n) is 6.01. The van der Waals surface area contributed by atoms with E-state index in [1.165, 1.54) is 24.0 Å². The first-order chi connectivity index (χ1) is 8.42. The zero-order chi connectivity index (χ0) is 11.2. The van der Waals surface area contributed by atoms with Crippen molar-refractivity contribution in [3.05, 3.63) is 35.7 Å². The number of rotatable bonds is 2. The minimum atomic E-state index is 0.615. The lowest BCUT2D eigenvalue weighted by Gasteiger charge is -2.06. The molecule has 2 heterocycles. The molecule has 0 saturated heterocycles. The predicted octanol–water partition coefficient (Wildman–Crippen LogP) is 2.31. The summed E-state index contributed by atoms with van der Waals surface area (Å²) < 4.78 is 7.63. The van der Waals surface area contributed by atoms with Crippen LogP contribution in [0.4, 0.5) is 0 Å². The third-order valence-corrected chi connectivity index (χ3v) is 3.49.